The van der Waals surface area contributed by atoms with Gasteiger partial charge in [-0.15, -0.1) is 10.2 Å². The molecule has 3 rings (SSSR count). The molecule has 1 atom stereocenters. The first-order valence-corrected chi connectivity index (χ1v) is 8.28. The molecule has 0 amide bonds. The smallest absolute Gasteiger partial charge is 0.191 e. The van der Waals surface area contributed by atoms with Gasteiger partial charge in [-0.2, -0.15) is 0 Å². The summed E-state index contributed by atoms with van der Waals surface area (Å²) in [6, 6.07) is 18.0. The third-order valence-corrected chi connectivity index (χ3v) is 5.01. The molecule has 0 radical (unpaired) electrons. The van der Waals surface area contributed by atoms with Crippen LogP contribution >= 0.6 is 23.4 Å². The van der Waals surface area contributed by atoms with Crippen molar-refractivity contribution in [3.63, 3.8) is 0 Å². The Balaban J connectivity index is 1.85. The Kier molecular flexibility index (Phi) is 4.50. The molecule has 3 nitrogen and oxygen atoms in total. The summed E-state index contributed by atoms with van der Waals surface area (Å²) < 4.78 is 2.02. The Morgan fingerprint density at radius 2 is 1.68 bits per heavy atom. The van der Waals surface area contributed by atoms with Crippen LogP contribution in [0.5, 0.6) is 0 Å². The van der Waals surface area contributed by atoms with E-state index in [2.05, 4.69) is 23.2 Å². The van der Waals surface area contributed by atoms with Crippen molar-refractivity contribution in [3.8, 4) is 11.4 Å². The maximum absolute atomic E-state index is 6.27. The molecule has 0 aliphatic heterocycles. The monoisotopic (exact) mass is 329 g/mol. The first-order valence-electron chi connectivity index (χ1n) is 7.02. The van der Waals surface area contributed by atoms with Crippen LogP contribution in [0, 0.1) is 0 Å². The van der Waals surface area contributed by atoms with Crippen molar-refractivity contribution in [1.82, 2.24) is 14.8 Å². The minimum absolute atomic E-state index is 0.209. The molecule has 3 aromatic rings. The van der Waals surface area contributed by atoms with Gasteiger partial charge in [0.15, 0.2) is 11.0 Å². The summed E-state index contributed by atoms with van der Waals surface area (Å²) >= 11 is 7.93. The summed E-state index contributed by atoms with van der Waals surface area (Å²) in [4.78, 5) is 0. The second kappa shape index (κ2) is 6.55. The lowest BCUT2D eigenvalue weighted by atomic mass is 10.2. The Bertz CT molecular complexity index is 771. The molecule has 0 bridgehead atoms. The second-order valence-corrected chi connectivity index (χ2v) is 6.73. The van der Waals surface area contributed by atoms with Crippen LogP contribution in [0.1, 0.15) is 17.7 Å². The van der Waals surface area contributed by atoms with Gasteiger partial charge < -0.3 is 4.57 Å². The Morgan fingerprint density at radius 1 is 1.00 bits per heavy atom. The normalized spacial score (nSPS) is 12.3. The molecule has 22 heavy (non-hydrogen) atoms. The van der Waals surface area contributed by atoms with Crippen LogP contribution in [0.2, 0.25) is 5.02 Å². The molecule has 2 aromatic carbocycles. The van der Waals surface area contributed by atoms with Gasteiger partial charge in [0, 0.05) is 22.9 Å². The molecule has 5 heteroatoms. The fraction of sp³-hybridized carbons (Fsp3) is 0.176. The maximum Gasteiger partial charge on any atom is 0.191 e. The molecule has 0 N–H and O–H groups in total. The molecule has 0 aliphatic carbocycles. The van der Waals surface area contributed by atoms with Gasteiger partial charge in [0.2, 0.25) is 0 Å². The van der Waals surface area contributed by atoms with Crippen LogP contribution in [0.25, 0.3) is 11.4 Å². The van der Waals surface area contributed by atoms with E-state index in [1.54, 1.807) is 11.8 Å². The molecule has 0 aliphatic rings. The SMILES string of the molecule is CC(Sc1nnc(-c2ccccc2)n1C)c1ccccc1Cl. The number of hydrogen-bond acceptors (Lipinski definition) is 3. The summed E-state index contributed by atoms with van der Waals surface area (Å²) in [5.41, 5.74) is 2.17. The zero-order valence-electron chi connectivity index (χ0n) is 12.4. The van der Waals surface area contributed by atoms with E-state index in [-0.39, 0.29) is 5.25 Å². The van der Waals surface area contributed by atoms with E-state index in [9.17, 15) is 0 Å². The summed E-state index contributed by atoms with van der Waals surface area (Å²) in [6.07, 6.45) is 0. The average Bonchev–Trinajstić information content (AvgIpc) is 2.89. The first-order chi connectivity index (χ1) is 10.7. The first kappa shape index (κ1) is 15.1. The zero-order valence-corrected chi connectivity index (χ0v) is 14.0. The summed E-state index contributed by atoms with van der Waals surface area (Å²) in [7, 11) is 1.99. The van der Waals surface area contributed by atoms with Gasteiger partial charge in [0.05, 0.1) is 0 Å². The zero-order chi connectivity index (χ0) is 15.5. The van der Waals surface area contributed by atoms with Crippen molar-refractivity contribution in [3.05, 3.63) is 65.2 Å². The van der Waals surface area contributed by atoms with E-state index in [0.29, 0.717) is 0 Å². The number of aromatic nitrogens is 3. The molecular formula is C17H16ClN3S. The number of thioether (sulfide) groups is 1. The van der Waals surface area contributed by atoms with Crippen molar-refractivity contribution in [2.75, 3.05) is 0 Å². The highest BCUT2D eigenvalue weighted by Gasteiger charge is 2.16. The minimum Gasteiger partial charge on any atom is -0.305 e. The lowest BCUT2D eigenvalue weighted by molar-refractivity contribution is 0.790. The van der Waals surface area contributed by atoms with E-state index in [1.165, 1.54) is 0 Å². The van der Waals surface area contributed by atoms with Gasteiger partial charge in [0.25, 0.3) is 0 Å². The minimum atomic E-state index is 0.209. The molecule has 0 saturated carbocycles. The van der Waals surface area contributed by atoms with Crippen LogP contribution in [-0.4, -0.2) is 14.8 Å². The second-order valence-electron chi connectivity index (χ2n) is 5.01. The quantitative estimate of drug-likeness (QED) is 0.632. The summed E-state index contributed by atoms with van der Waals surface area (Å²) in [5.74, 6) is 0.870. The van der Waals surface area contributed by atoms with Crippen molar-refractivity contribution < 1.29 is 0 Å². The molecule has 0 spiro atoms. The predicted molar refractivity (Wildman–Crippen MR) is 92.2 cm³/mol. The highest BCUT2D eigenvalue weighted by atomic mass is 35.5. The number of halogens is 1. The third kappa shape index (κ3) is 3.03. The predicted octanol–water partition coefficient (Wildman–Crippen LogP) is 4.99. The fourth-order valence-corrected chi connectivity index (χ4v) is 3.63. The van der Waals surface area contributed by atoms with Crippen molar-refractivity contribution in [1.29, 1.82) is 0 Å². The average molecular weight is 330 g/mol. The van der Waals surface area contributed by atoms with Gasteiger partial charge in [-0.25, -0.2) is 0 Å². The summed E-state index contributed by atoms with van der Waals surface area (Å²) in [5, 5.41) is 10.5. The molecule has 0 fully saturated rings. The number of nitrogens with zero attached hydrogens (tertiary/aromatic N) is 3. The maximum atomic E-state index is 6.27. The van der Waals surface area contributed by atoms with Crippen molar-refractivity contribution in [2.24, 2.45) is 7.05 Å². The largest absolute Gasteiger partial charge is 0.305 e. The van der Waals surface area contributed by atoms with Crippen LogP contribution in [0.4, 0.5) is 0 Å². The van der Waals surface area contributed by atoms with Crippen LogP contribution in [0.15, 0.2) is 59.8 Å². The number of hydrogen-bond donors (Lipinski definition) is 0. The van der Waals surface area contributed by atoms with Gasteiger partial charge >= 0.3 is 0 Å². The Hall–Kier alpha value is -1.78. The van der Waals surface area contributed by atoms with E-state index >= 15 is 0 Å². The van der Waals surface area contributed by atoms with Crippen LogP contribution in [-0.2, 0) is 7.05 Å². The highest BCUT2D eigenvalue weighted by molar-refractivity contribution is 7.99. The van der Waals surface area contributed by atoms with Gasteiger partial charge in [-0.1, -0.05) is 71.9 Å². The molecular weight excluding hydrogens is 314 g/mol. The van der Waals surface area contributed by atoms with Gasteiger partial charge in [-0.05, 0) is 18.6 Å². The van der Waals surface area contributed by atoms with Crippen LogP contribution in [0.3, 0.4) is 0 Å². The number of benzene rings is 2. The van der Waals surface area contributed by atoms with Crippen molar-refractivity contribution in [2.45, 2.75) is 17.3 Å². The Labute approximate surface area is 139 Å². The Morgan fingerprint density at radius 3 is 2.41 bits per heavy atom. The van der Waals surface area contributed by atoms with Crippen LogP contribution < -0.4 is 0 Å². The van der Waals surface area contributed by atoms with E-state index in [0.717, 1.165) is 27.1 Å². The molecule has 112 valence electrons. The molecule has 1 heterocycles. The molecule has 1 unspecified atom stereocenters. The lowest BCUT2D eigenvalue weighted by Crippen LogP contribution is -1.97. The van der Waals surface area contributed by atoms with Gasteiger partial charge in [-0.3, -0.25) is 0 Å². The third-order valence-electron chi connectivity index (χ3n) is 3.49. The van der Waals surface area contributed by atoms with Gasteiger partial charge in [0.1, 0.15) is 0 Å². The van der Waals surface area contributed by atoms with E-state index in [1.807, 2.05) is 60.1 Å². The molecule has 1 aromatic heterocycles. The van der Waals surface area contributed by atoms with E-state index in [4.69, 9.17) is 11.6 Å². The topological polar surface area (TPSA) is 30.7 Å². The summed E-state index contributed by atoms with van der Waals surface area (Å²) in [6.45, 7) is 2.13. The van der Waals surface area contributed by atoms with E-state index < -0.39 is 0 Å². The van der Waals surface area contributed by atoms with Crippen molar-refractivity contribution >= 4 is 23.4 Å². The highest BCUT2D eigenvalue weighted by Crippen LogP contribution is 2.37. The fourth-order valence-electron chi connectivity index (χ4n) is 2.28. The standard InChI is InChI=1S/C17H16ClN3S/c1-12(14-10-6-7-11-15(14)18)22-17-20-19-16(21(17)2)13-8-4-3-5-9-13/h3-12H,1-2H3. The number of rotatable bonds is 4. The molecule has 0 saturated heterocycles. The lowest BCUT2D eigenvalue weighted by Gasteiger charge is -2.12.